The molecule has 2 heterocycles. The minimum atomic E-state index is -0.399. The molecule has 3 rings (SSSR count). The molecule has 124 valence electrons. The van der Waals surface area contributed by atoms with Gasteiger partial charge in [-0.25, -0.2) is 14.5 Å². The fraction of sp³-hybridized carbons (Fsp3) is 0.278. The van der Waals surface area contributed by atoms with Gasteiger partial charge in [-0.05, 0) is 26.8 Å². The number of rotatable bonds is 4. The normalized spacial score (nSPS) is 11.0. The first-order valence-electron chi connectivity index (χ1n) is 7.86. The number of esters is 1. The zero-order valence-electron chi connectivity index (χ0n) is 13.8. The van der Waals surface area contributed by atoms with E-state index in [1.807, 2.05) is 25.1 Å². The largest absolute Gasteiger partial charge is 0.462 e. The highest BCUT2D eigenvalue weighted by Crippen LogP contribution is 2.37. The van der Waals surface area contributed by atoms with Gasteiger partial charge in [-0.15, -0.1) is 0 Å². The lowest BCUT2D eigenvalue weighted by atomic mass is 9.96. The smallest absolute Gasteiger partial charge is 0.340 e. The van der Waals surface area contributed by atoms with Gasteiger partial charge in [-0.2, -0.15) is 5.10 Å². The van der Waals surface area contributed by atoms with E-state index in [4.69, 9.17) is 16.3 Å². The minimum absolute atomic E-state index is 0.298. The molecular formula is C18H18ClN3O2. The van der Waals surface area contributed by atoms with Crippen molar-refractivity contribution < 1.29 is 9.53 Å². The van der Waals surface area contributed by atoms with Gasteiger partial charge in [-0.3, -0.25) is 0 Å². The Morgan fingerprint density at radius 3 is 2.71 bits per heavy atom. The van der Waals surface area contributed by atoms with Crippen molar-refractivity contribution in [1.82, 2.24) is 14.8 Å². The summed E-state index contributed by atoms with van der Waals surface area (Å²) in [6.45, 7) is 6.57. The topological polar surface area (TPSA) is 57.0 Å². The van der Waals surface area contributed by atoms with Gasteiger partial charge < -0.3 is 4.74 Å². The summed E-state index contributed by atoms with van der Waals surface area (Å²) in [5, 5.41) is 5.74. The molecule has 5 nitrogen and oxygen atoms in total. The molecule has 0 saturated carbocycles. The van der Waals surface area contributed by atoms with Gasteiger partial charge >= 0.3 is 5.97 Å². The molecule has 0 N–H and O–H groups in total. The van der Waals surface area contributed by atoms with Crippen molar-refractivity contribution in [3.05, 3.63) is 46.7 Å². The zero-order valence-corrected chi connectivity index (χ0v) is 14.6. The van der Waals surface area contributed by atoms with Crippen LogP contribution in [-0.4, -0.2) is 27.3 Å². The molecule has 3 aromatic rings. The van der Waals surface area contributed by atoms with Crippen molar-refractivity contribution in [2.75, 3.05) is 6.61 Å². The van der Waals surface area contributed by atoms with Gasteiger partial charge in [0, 0.05) is 28.1 Å². The quantitative estimate of drug-likeness (QED) is 0.664. The molecule has 0 bridgehead atoms. The van der Waals surface area contributed by atoms with Crippen LogP contribution in [-0.2, 0) is 11.3 Å². The number of fused-ring (bicyclic) bond motifs is 1. The number of carbonyl (C=O) groups excluding carboxylic acids is 1. The number of aromatic nitrogens is 3. The van der Waals surface area contributed by atoms with Crippen molar-refractivity contribution in [2.24, 2.45) is 0 Å². The van der Waals surface area contributed by atoms with E-state index in [-0.39, 0.29) is 0 Å². The van der Waals surface area contributed by atoms with Gasteiger partial charge in [0.25, 0.3) is 0 Å². The summed E-state index contributed by atoms with van der Waals surface area (Å²) in [6, 6.07) is 7.44. The van der Waals surface area contributed by atoms with E-state index in [1.165, 1.54) is 0 Å². The number of benzene rings is 1. The van der Waals surface area contributed by atoms with Crippen LogP contribution in [0.2, 0.25) is 5.02 Å². The minimum Gasteiger partial charge on any atom is -0.462 e. The Balaban J connectivity index is 2.42. The van der Waals surface area contributed by atoms with Crippen LogP contribution in [0.4, 0.5) is 0 Å². The number of ether oxygens (including phenoxy) is 1. The first-order valence-corrected chi connectivity index (χ1v) is 8.24. The van der Waals surface area contributed by atoms with Gasteiger partial charge in [0.15, 0.2) is 5.65 Å². The molecule has 0 spiro atoms. The molecule has 6 heteroatoms. The van der Waals surface area contributed by atoms with Gasteiger partial charge in [0.2, 0.25) is 0 Å². The molecule has 0 aliphatic heterocycles. The lowest BCUT2D eigenvalue weighted by Gasteiger charge is -2.14. The molecular weight excluding hydrogens is 326 g/mol. The van der Waals surface area contributed by atoms with E-state index < -0.39 is 5.97 Å². The molecule has 0 aliphatic rings. The lowest BCUT2D eigenvalue weighted by molar-refractivity contribution is 0.0526. The summed E-state index contributed by atoms with van der Waals surface area (Å²) in [5.41, 5.74) is 3.27. The number of halogens is 1. The molecule has 0 fully saturated rings. The SMILES string of the molecule is CCOC(=O)c1c(C)nc2c(cnn2CC)c1-c1ccccc1Cl. The maximum Gasteiger partial charge on any atom is 0.340 e. The zero-order chi connectivity index (χ0) is 17.3. The third-order valence-electron chi connectivity index (χ3n) is 3.89. The van der Waals surface area contributed by atoms with E-state index in [2.05, 4.69) is 10.1 Å². The molecule has 24 heavy (non-hydrogen) atoms. The number of carbonyl (C=O) groups is 1. The molecule has 0 saturated heterocycles. The Kier molecular flexibility index (Phi) is 4.53. The van der Waals surface area contributed by atoms with Gasteiger partial charge in [0.05, 0.1) is 24.1 Å². The molecule has 0 amide bonds. The first kappa shape index (κ1) is 16.5. The van der Waals surface area contributed by atoms with E-state index in [9.17, 15) is 4.79 Å². The fourth-order valence-corrected chi connectivity index (χ4v) is 3.06. The molecule has 2 aromatic heterocycles. The highest BCUT2D eigenvalue weighted by Gasteiger charge is 2.24. The van der Waals surface area contributed by atoms with Crippen molar-refractivity contribution in [3.63, 3.8) is 0 Å². The van der Waals surface area contributed by atoms with E-state index in [1.54, 1.807) is 30.8 Å². The average molecular weight is 344 g/mol. The van der Waals surface area contributed by atoms with Crippen molar-refractivity contribution in [1.29, 1.82) is 0 Å². The third kappa shape index (κ3) is 2.65. The Morgan fingerprint density at radius 2 is 2.04 bits per heavy atom. The maximum absolute atomic E-state index is 12.6. The predicted octanol–water partition coefficient (Wildman–Crippen LogP) is 4.26. The number of pyridine rings is 1. The molecule has 1 aromatic carbocycles. The van der Waals surface area contributed by atoms with Crippen LogP contribution in [0.15, 0.2) is 30.5 Å². The molecule has 0 radical (unpaired) electrons. The third-order valence-corrected chi connectivity index (χ3v) is 4.22. The number of aryl methyl sites for hydroxylation is 2. The molecule has 0 atom stereocenters. The summed E-state index contributed by atoms with van der Waals surface area (Å²) in [5.74, 6) is -0.399. The predicted molar refractivity (Wildman–Crippen MR) is 94.3 cm³/mol. The van der Waals surface area contributed by atoms with Crippen LogP contribution >= 0.6 is 11.6 Å². The number of nitrogens with zero attached hydrogens (tertiary/aromatic N) is 3. The van der Waals surface area contributed by atoms with Crippen molar-refractivity contribution in [3.8, 4) is 11.1 Å². The van der Waals surface area contributed by atoms with Crippen LogP contribution in [0.3, 0.4) is 0 Å². The van der Waals surface area contributed by atoms with E-state index in [0.717, 1.165) is 22.2 Å². The van der Waals surface area contributed by atoms with Gasteiger partial charge in [-0.1, -0.05) is 29.8 Å². The Bertz CT molecular complexity index is 918. The second kappa shape index (κ2) is 6.61. The second-order valence-electron chi connectivity index (χ2n) is 5.35. The average Bonchev–Trinajstić information content (AvgIpc) is 2.97. The van der Waals surface area contributed by atoms with Crippen LogP contribution in [0.25, 0.3) is 22.2 Å². The van der Waals surface area contributed by atoms with Crippen LogP contribution in [0.5, 0.6) is 0 Å². The summed E-state index contributed by atoms with van der Waals surface area (Å²) >= 11 is 6.41. The Labute approximate surface area is 145 Å². The first-order chi connectivity index (χ1) is 11.6. The number of hydrogen-bond acceptors (Lipinski definition) is 4. The summed E-state index contributed by atoms with van der Waals surface area (Å²) in [7, 11) is 0. The Morgan fingerprint density at radius 1 is 1.29 bits per heavy atom. The lowest BCUT2D eigenvalue weighted by Crippen LogP contribution is -2.11. The van der Waals surface area contributed by atoms with Crippen molar-refractivity contribution >= 4 is 28.6 Å². The second-order valence-corrected chi connectivity index (χ2v) is 5.75. The highest BCUT2D eigenvalue weighted by molar-refractivity contribution is 6.34. The van der Waals surface area contributed by atoms with Crippen LogP contribution in [0.1, 0.15) is 29.9 Å². The summed E-state index contributed by atoms with van der Waals surface area (Å²) in [4.78, 5) is 17.1. The summed E-state index contributed by atoms with van der Waals surface area (Å²) in [6.07, 6.45) is 1.73. The van der Waals surface area contributed by atoms with E-state index in [0.29, 0.717) is 29.4 Å². The van der Waals surface area contributed by atoms with Crippen LogP contribution < -0.4 is 0 Å². The van der Waals surface area contributed by atoms with Gasteiger partial charge in [0.1, 0.15) is 0 Å². The number of hydrogen-bond donors (Lipinski definition) is 0. The standard InChI is InChI=1S/C18H18ClN3O2/c1-4-22-17-13(10-20-22)16(12-8-6-7-9-14(12)19)15(11(3)21-17)18(23)24-5-2/h6-10H,4-5H2,1-3H3. The maximum atomic E-state index is 12.6. The monoisotopic (exact) mass is 343 g/mol. The Hall–Kier alpha value is -2.40. The van der Waals surface area contributed by atoms with Crippen LogP contribution in [0, 0.1) is 6.92 Å². The fourth-order valence-electron chi connectivity index (χ4n) is 2.83. The van der Waals surface area contributed by atoms with Crippen molar-refractivity contribution in [2.45, 2.75) is 27.3 Å². The van der Waals surface area contributed by atoms with E-state index >= 15 is 0 Å². The molecule has 0 unspecified atom stereocenters. The summed E-state index contributed by atoms with van der Waals surface area (Å²) < 4.78 is 7.05. The molecule has 0 aliphatic carbocycles. The highest BCUT2D eigenvalue weighted by atomic mass is 35.5.